The third-order valence-electron chi connectivity index (χ3n) is 0. The Morgan fingerprint density at radius 1 is 1.40 bits per heavy atom. The van der Waals surface area contributed by atoms with Crippen molar-refractivity contribution in [3.8, 4) is 0 Å². The first kappa shape index (κ1) is 9.52. The van der Waals surface area contributed by atoms with Gasteiger partial charge in [0.25, 0.3) is 0 Å². The Balaban J connectivity index is 0. The summed E-state index contributed by atoms with van der Waals surface area (Å²) in [4.78, 5) is 0. The van der Waals surface area contributed by atoms with Crippen molar-refractivity contribution >= 4 is 37.7 Å². The Morgan fingerprint density at radius 2 is 1.40 bits per heavy atom. The molecule has 0 aliphatic rings. The Hall–Kier alpha value is 1.22. The van der Waals surface area contributed by atoms with E-state index >= 15 is 0 Å². The van der Waals surface area contributed by atoms with Crippen LogP contribution in [-0.2, 0) is 0 Å². The van der Waals surface area contributed by atoms with Gasteiger partial charge in [0.15, 0.2) is 0 Å². The van der Waals surface area contributed by atoms with Gasteiger partial charge in [0.2, 0.25) is 0 Å². The molecule has 0 fully saturated rings. The van der Waals surface area contributed by atoms with Crippen LogP contribution in [0.15, 0.2) is 0 Å². The Labute approximate surface area is 62.4 Å². The maximum absolute atomic E-state index is 8.06. The molecule has 0 rings (SSSR count). The van der Waals surface area contributed by atoms with Crippen molar-refractivity contribution in [3.05, 3.63) is 0 Å². The third-order valence-corrected chi connectivity index (χ3v) is 0. The van der Waals surface area contributed by atoms with Crippen molar-refractivity contribution < 1.29 is 5.11 Å². The van der Waals surface area contributed by atoms with Crippen molar-refractivity contribution in [1.82, 2.24) is 0 Å². The maximum atomic E-state index is 8.06. The van der Waals surface area contributed by atoms with Crippen LogP contribution in [0.2, 0.25) is 0 Å². The van der Waals surface area contributed by atoms with Crippen LogP contribution < -0.4 is 0 Å². The van der Waals surface area contributed by atoms with Crippen LogP contribution in [0, 0.1) is 0 Å². The second-order valence-corrected chi connectivity index (χ2v) is 1.09. The van der Waals surface area contributed by atoms with Gasteiger partial charge in [-0.2, -0.15) is 0 Å². The fourth-order valence-electron chi connectivity index (χ4n) is 0. The Kier molecular flexibility index (Phi) is 9.94. The minimum atomic E-state index is -0.167. The molecular weight excluding hydrogens is 92.1 g/mol. The zero-order valence-electron chi connectivity index (χ0n) is 3.02. The molecule has 2 heteroatoms. The van der Waals surface area contributed by atoms with Gasteiger partial charge in [-0.25, -0.2) is 0 Å². The molecule has 0 aromatic rings. The second-order valence-electron chi connectivity index (χ2n) is 1.09. The van der Waals surface area contributed by atoms with Crippen LogP contribution in [0.5, 0.6) is 0 Å². The molecule has 1 N–H and O–H groups in total. The summed E-state index contributed by atoms with van der Waals surface area (Å²) >= 11 is 0. The fourth-order valence-corrected chi connectivity index (χ4v) is 0. The number of rotatable bonds is 0. The molecule has 0 aliphatic carbocycles. The molecule has 0 unspecified atom stereocenters. The molecular formula is C3H10CaO. The summed E-state index contributed by atoms with van der Waals surface area (Å²) in [6.07, 6.45) is -0.167. The summed E-state index contributed by atoms with van der Waals surface area (Å²) in [5.74, 6) is 0. The molecule has 0 radical (unpaired) electrons. The summed E-state index contributed by atoms with van der Waals surface area (Å²) in [5.41, 5.74) is 0. The second kappa shape index (κ2) is 5.22. The van der Waals surface area contributed by atoms with Gasteiger partial charge in [0.05, 0.1) is 0 Å². The zero-order chi connectivity index (χ0) is 3.58. The predicted molar refractivity (Wildman–Crippen MR) is 25.9 cm³/mol. The van der Waals surface area contributed by atoms with Crippen LogP contribution in [0.4, 0.5) is 0 Å². The van der Waals surface area contributed by atoms with Crippen LogP contribution in [0.3, 0.4) is 0 Å². The van der Waals surface area contributed by atoms with Crippen molar-refractivity contribution in [1.29, 1.82) is 0 Å². The number of aliphatic hydroxyl groups is 1. The summed E-state index contributed by atoms with van der Waals surface area (Å²) in [6, 6.07) is 0. The van der Waals surface area contributed by atoms with E-state index < -0.39 is 0 Å². The monoisotopic (exact) mass is 102 g/mol. The zero-order valence-corrected chi connectivity index (χ0v) is 3.02. The van der Waals surface area contributed by atoms with Gasteiger partial charge in [-0.3, -0.25) is 0 Å². The number of aliphatic hydroxyl groups excluding tert-OH is 1. The van der Waals surface area contributed by atoms with E-state index in [2.05, 4.69) is 0 Å². The molecule has 0 saturated carbocycles. The first-order chi connectivity index (χ1) is 1.73. The average molecular weight is 102 g/mol. The van der Waals surface area contributed by atoms with E-state index in [1.54, 1.807) is 13.8 Å². The van der Waals surface area contributed by atoms with Crippen LogP contribution in [-0.4, -0.2) is 48.9 Å². The quantitative estimate of drug-likeness (QED) is 0.408. The molecule has 1 nitrogen and oxygen atoms in total. The average Bonchev–Trinajstić information content (AvgIpc) is 0.811. The van der Waals surface area contributed by atoms with Crippen molar-refractivity contribution in [2.24, 2.45) is 0 Å². The van der Waals surface area contributed by atoms with Crippen LogP contribution in [0.1, 0.15) is 13.8 Å². The van der Waals surface area contributed by atoms with Gasteiger partial charge in [-0.05, 0) is 13.8 Å². The molecule has 30 valence electrons. The van der Waals surface area contributed by atoms with E-state index in [1.807, 2.05) is 0 Å². The van der Waals surface area contributed by atoms with Gasteiger partial charge in [0.1, 0.15) is 0 Å². The summed E-state index contributed by atoms with van der Waals surface area (Å²) in [6.45, 7) is 3.44. The molecule has 0 aromatic carbocycles. The third kappa shape index (κ3) is 36.4. The van der Waals surface area contributed by atoms with Crippen LogP contribution in [0.25, 0.3) is 0 Å². The first-order valence-electron chi connectivity index (χ1n) is 1.41. The normalized spacial score (nSPS) is 7.20. The van der Waals surface area contributed by atoms with E-state index in [9.17, 15) is 0 Å². The molecule has 0 saturated heterocycles. The fraction of sp³-hybridized carbons (Fsp3) is 1.00. The standard InChI is InChI=1S/C3H8O.Ca.2H/c1-3(2)4;;;/h3-4H,1-2H3;;;. The molecule has 0 heterocycles. The van der Waals surface area contributed by atoms with E-state index in [0.29, 0.717) is 0 Å². The number of hydrogen-bond acceptors (Lipinski definition) is 1. The Morgan fingerprint density at radius 3 is 1.40 bits per heavy atom. The molecule has 0 spiro atoms. The van der Waals surface area contributed by atoms with E-state index in [4.69, 9.17) is 5.11 Å². The summed E-state index contributed by atoms with van der Waals surface area (Å²) in [7, 11) is 0. The van der Waals surface area contributed by atoms with Gasteiger partial charge >= 0.3 is 37.7 Å². The van der Waals surface area contributed by atoms with E-state index in [-0.39, 0.29) is 43.8 Å². The summed E-state index contributed by atoms with van der Waals surface area (Å²) < 4.78 is 0. The minimum absolute atomic E-state index is 0. The molecule has 0 aromatic heterocycles. The van der Waals surface area contributed by atoms with Crippen molar-refractivity contribution in [2.75, 3.05) is 0 Å². The molecule has 0 atom stereocenters. The van der Waals surface area contributed by atoms with E-state index in [1.165, 1.54) is 0 Å². The molecule has 0 aliphatic heterocycles. The van der Waals surface area contributed by atoms with Gasteiger partial charge in [-0.15, -0.1) is 0 Å². The van der Waals surface area contributed by atoms with Gasteiger partial charge < -0.3 is 5.11 Å². The number of hydrogen-bond donors (Lipinski definition) is 1. The first-order valence-corrected chi connectivity index (χ1v) is 1.41. The SMILES string of the molecule is CC(C)O.[CaH2]. The van der Waals surface area contributed by atoms with E-state index in [0.717, 1.165) is 0 Å². The van der Waals surface area contributed by atoms with Crippen LogP contribution >= 0.6 is 0 Å². The van der Waals surface area contributed by atoms with Crippen molar-refractivity contribution in [2.45, 2.75) is 20.0 Å². The topological polar surface area (TPSA) is 20.2 Å². The predicted octanol–water partition coefficient (Wildman–Crippen LogP) is -0.529. The molecule has 0 bridgehead atoms. The summed E-state index contributed by atoms with van der Waals surface area (Å²) in [5, 5.41) is 8.06. The Bertz CT molecular complexity index is 11.6. The molecule has 0 amide bonds. The van der Waals surface area contributed by atoms with Gasteiger partial charge in [-0.1, -0.05) is 0 Å². The van der Waals surface area contributed by atoms with Gasteiger partial charge in [0, 0.05) is 6.10 Å². The van der Waals surface area contributed by atoms with Crippen molar-refractivity contribution in [3.63, 3.8) is 0 Å². The molecule has 5 heavy (non-hydrogen) atoms.